The number of rotatable bonds is 6. The summed E-state index contributed by atoms with van der Waals surface area (Å²) < 4.78 is 0. The van der Waals surface area contributed by atoms with Crippen molar-refractivity contribution in [2.45, 2.75) is 116 Å². The van der Waals surface area contributed by atoms with Gasteiger partial charge in [-0.1, -0.05) is 59.3 Å². The van der Waals surface area contributed by atoms with Crippen LogP contribution < -0.4 is 16.0 Å². The monoisotopic (exact) mass is 495 g/mol. The van der Waals surface area contributed by atoms with Gasteiger partial charge in [0.1, 0.15) is 0 Å². The van der Waals surface area contributed by atoms with Gasteiger partial charge in [-0.05, 0) is 74.5 Å². The minimum atomic E-state index is -0.253. The first kappa shape index (κ1) is 26.7. The van der Waals surface area contributed by atoms with Crippen LogP contribution in [0, 0.1) is 17.8 Å². The van der Waals surface area contributed by atoms with E-state index >= 15 is 0 Å². The summed E-state index contributed by atoms with van der Waals surface area (Å²) in [6.07, 6.45) is 13.2. The molecule has 6 atom stereocenters. The number of hydrogen-bond acceptors (Lipinski definition) is 3. The van der Waals surface area contributed by atoms with Gasteiger partial charge in [0, 0.05) is 23.7 Å². The fourth-order valence-corrected chi connectivity index (χ4v) is 6.41. The first-order valence-electron chi connectivity index (χ1n) is 14.4. The van der Waals surface area contributed by atoms with E-state index in [0.717, 1.165) is 57.8 Å². The molecule has 1 aromatic rings. The van der Waals surface area contributed by atoms with Gasteiger partial charge in [0.15, 0.2) is 0 Å². The fraction of sp³-hybridized carbons (Fsp3) is 0.700. The third kappa shape index (κ3) is 6.49. The van der Waals surface area contributed by atoms with Crippen molar-refractivity contribution in [2.75, 3.05) is 0 Å². The molecule has 4 rings (SSSR count). The van der Waals surface area contributed by atoms with Gasteiger partial charge in [-0.3, -0.25) is 14.4 Å². The average Bonchev–Trinajstić information content (AvgIpc) is 2.87. The van der Waals surface area contributed by atoms with E-state index in [9.17, 15) is 14.4 Å². The summed E-state index contributed by atoms with van der Waals surface area (Å²) in [5.41, 5.74) is 1.10. The lowest BCUT2D eigenvalue weighted by atomic mass is 9.85. The van der Waals surface area contributed by atoms with Gasteiger partial charge in [0.25, 0.3) is 17.7 Å². The summed E-state index contributed by atoms with van der Waals surface area (Å²) in [5, 5.41) is 9.58. The molecule has 0 spiro atoms. The van der Waals surface area contributed by atoms with Gasteiger partial charge >= 0.3 is 0 Å². The molecule has 3 amide bonds. The minimum Gasteiger partial charge on any atom is -0.349 e. The van der Waals surface area contributed by atoms with Crippen molar-refractivity contribution in [3.63, 3.8) is 0 Å². The van der Waals surface area contributed by atoms with Gasteiger partial charge in [0.2, 0.25) is 0 Å². The number of amides is 3. The maximum Gasteiger partial charge on any atom is 0.252 e. The molecule has 1 aromatic carbocycles. The second kappa shape index (κ2) is 12.2. The third-order valence-corrected chi connectivity index (χ3v) is 9.05. The van der Waals surface area contributed by atoms with Crippen molar-refractivity contribution in [3.05, 3.63) is 34.9 Å². The van der Waals surface area contributed by atoms with Crippen LogP contribution in [0.2, 0.25) is 0 Å². The summed E-state index contributed by atoms with van der Waals surface area (Å²) in [5.74, 6) is 0.634. The number of nitrogens with one attached hydrogen (secondary N) is 3. The van der Waals surface area contributed by atoms with Crippen LogP contribution >= 0.6 is 0 Å². The van der Waals surface area contributed by atoms with E-state index in [1.54, 1.807) is 18.2 Å². The molecule has 3 aliphatic carbocycles. The Morgan fingerprint density at radius 1 is 0.556 bits per heavy atom. The van der Waals surface area contributed by atoms with Crippen molar-refractivity contribution in [1.29, 1.82) is 0 Å². The Morgan fingerprint density at radius 3 is 1.39 bits per heavy atom. The highest BCUT2D eigenvalue weighted by Gasteiger charge is 2.29. The highest BCUT2D eigenvalue weighted by Crippen LogP contribution is 2.27. The zero-order valence-corrected chi connectivity index (χ0v) is 22.4. The second-order valence-corrected chi connectivity index (χ2v) is 11.8. The van der Waals surface area contributed by atoms with Crippen LogP contribution in [0.5, 0.6) is 0 Å². The van der Waals surface area contributed by atoms with Gasteiger partial charge in [-0.2, -0.15) is 0 Å². The Labute approximate surface area is 216 Å². The summed E-state index contributed by atoms with van der Waals surface area (Å²) in [4.78, 5) is 40.1. The smallest absolute Gasteiger partial charge is 0.252 e. The van der Waals surface area contributed by atoms with Gasteiger partial charge in [-0.15, -0.1) is 0 Å². The Morgan fingerprint density at radius 2 is 0.944 bits per heavy atom. The molecule has 3 N–H and O–H groups in total. The molecule has 3 fully saturated rings. The van der Waals surface area contributed by atoms with Gasteiger partial charge in [0.05, 0.1) is 11.1 Å². The van der Waals surface area contributed by atoms with Crippen molar-refractivity contribution in [3.8, 4) is 0 Å². The molecular formula is C30H45N3O3. The lowest BCUT2D eigenvalue weighted by molar-refractivity contribution is 0.0873. The van der Waals surface area contributed by atoms with Crippen LogP contribution in [-0.2, 0) is 0 Å². The van der Waals surface area contributed by atoms with Crippen LogP contribution in [0.1, 0.15) is 129 Å². The molecule has 36 heavy (non-hydrogen) atoms. The summed E-state index contributed by atoms with van der Waals surface area (Å²) in [6.45, 7) is 6.55. The summed E-state index contributed by atoms with van der Waals surface area (Å²) in [6, 6.07) is 5.37. The highest BCUT2D eigenvalue weighted by atomic mass is 16.2. The van der Waals surface area contributed by atoms with E-state index in [4.69, 9.17) is 0 Å². The molecule has 3 saturated carbocycles. The zero-order chi connectivity index (χ0) is 25.7. The first-order valence-corrected chi connectivity index (χ1v) is 14.4. The molecular weight excluding hydrogens is 450 g/mol. The highest BCUT2D eigenvalue weighted by molar-refractivity contribution is 6.09. The molecule has 0 heterocycles. The molecule has 6 heteroatoms. The minimum absolute atomic E-state index is 0.0982. The van der Waals surface area contributed by atoms with Crippen molar-refractivity contribution < 1.29 is 14.4 Å². The molecule has 0 aliphatic heterocycles. The lowest BCUT2D eigenvalue weighted by Gasteiger charge is -2.31. The van der Waals surface area contributed by atoms with Gasteiger partial charge < -0.3 is 16.0 Å². The van der Waals surface area contributed by atoms with E-state index in [-0.39, 0.29) is 35.8 Å². The molecule has 0 aromatic heterocycles. The van der Waals surface area contributed by atoms with E-state index in [2.05, 4.69) is 36.7 Å². The number of hydrogen-bond donors (Lipinski definition) is 3. The summed E-state index contributed by atoms with van der Waals surface area (Å²) in [7, 11) is 0. The number of benzene rings is 1. The SMILES string of the molecule is CC1CCCCC1NC(=O)c1ccc(C(=O)NC2CCCCC2C)c(C(=O)NC2CCCCC2C)c1. The molecule has 6 nitrogen and oxygen atoms in total. The topological polar surface area (TPSA) is 87.3 Å². The standard InChI is InChI=1S/C30H45N3O3/c1-19-10-4-7-13-25(19)31-28(34)22-16-17-23(29(35)32-26-14-8-5-11-20(26)2)24(18-22)30(36)33-27-15-9-6-12-21(27)3/h16-21,25-27H,4-15H2,1-3H3,(H,31,34)(H,32,35)(H,33,36). The quantitative estimate of drug-likeness (QED) is 0.479. The largest absolute Gasteiger partial charge is 0.349 e. The number of carbonyl (C=O) groups is 3. The zero-order valence-electron chi connectivity index (χ0n) is 22.4. The van der Waals surface area contributed by atoms with Crippen molar-refractivity contribution >= 4 is 17.7 Å². The molecule has 6 unspecified atom stereocenters. The molecule has 198 valence electrons. The van der Waals surface area contributed by atoms with Crippen molar-refractivity contribution in [2.24, 2.45) is 17.8 Å². The van der Waals surface area contributed by atoms with E-state index in [0.29, 0.717) is 34.4 Å². The Bertz CT molecular complexity index is 945. The molecule has 0 saturated heterocycles. The van der Waals surface area contributed by atoms with Crippen LogP contribution in [0.3, 0.4) is 0 Å². The second-order valence-electron chi connectivity index (χ2n) is 11.8. The Balaban J connectivity index is 1.56. The van der Waals surface area contributed by atoms with E-state index in [1.165, 1.54) is 19.3 Å². The van der Waals surface area contributed by atoms with Crippen LogP contribution in [0.25, 0.3) is 0 Å². The van der Waals surface area contributed by atoms with E-state index in [1.807, 2.05) is 0 Å². The normalized spacial score (nSPS) is 30.8. The first-order chi connectivity index (χ1) is 17.3. The lowest BCUT2D eigenvalue weighted by Crippen LogP contribution is -2.44. The predicted molar refractivity (Wildman–Crippen MR) is 143 cm³/mol. The van der Waals surface area contributed by atoms with Crippen LogP contribution in [0.4, 0.5) is 0 Å². The summed E-state index contributed by atoms with van der Waals surface area (Å²) >= 11 is 0. The maximum atomic E-state index is 13.5. The predicted octanol–water partition coefficient (Wildman–Crippen LogP) is 5.61. The van der Waals surface area contributed by atoms with Crippen molar-refractivity contribution in [1.82, 2.24) is 16.0 Å². The molecule has 0 bridgehead atoms. The van der Waals surface area contributed by atoms with E-state index < -0.39 is 0 Å². The fourth-order valence-electron chi connectivity index (χ4n) is 6.41. The Hall–Kier alpha value is -2.37. The van der Waals surface area contributed by atoms with Crippen LogP contribution in [0.15, 0.2) is 18.2 Å². The van der Waals surface area contributed by atoms with Crippen LogP contribution in [-0.4, -0.2) is 35.8 Å². The third-order valence-electron chi connectivity index (χ3n) is 9.05. The molecule has 0 radical (unpaired) electrons. The molecule has 3 aliphatic rings. The average molecular weight is 496 g/mol. The maximum absolute atomic E-state index is 13.5. The van der Waals surface area contributed by atoms with Gasteiger partial charge in [-0.25, -0.2) is 0 Å². The number of carbonyl (C=O) groups excluding carboxylic acids is 3. The Kier molecular flexibility index (Phi) is 9.08.